The third-order valence-electron chi connectivity index (χ3n) is 3.20. The van der Waals surface area contributed by atoms with E-state index in [1.165, 1.54) is 11.3 Å². The number of nitrogens with one attached hydrogen (secondary N) is 2. The van der Waals surface area contributed by atoms with Crippen molar-refractivity contribution in [1.29, 1.82) is 0 Å². The van der Waals surface area contributed by atoms with E-state index in [0.717, 1.165) is 15.9 Å². The van der Waals surface area contributed by atoms with Gasteiger partial charge in [-0.05, 0) is 34.3 Å². The Morgan fingerprint density at radius 1 is 1.65 bits per heavy atom. The molecule has 0 aromatic carbocycles. The zero-order valence-corrected chi connectivity index (χ0v) is 13.3. The number of thiophene rings is 1. The molecule has 6 nitrogen and oxygen atoms in total. The first kappa shape index (κ1) is 13.7. The average Bonchev–Trinajstić information content (AvgIpc) is 2.91. The van der Waals surface area contributed by atoms with Crippen molar-refractivity contribution in [2.75, 3.05) is 6.61 Å². The SMILES string of the molecule is Cc1c(Br)c(C2(NNC(=O)c3cccs3)CO2)nn1C. The van der Waals surface area contributed by atoms with Crippen LogP contribution < -0.4 is 10.9 Å². The predicted molar refractivity (Wildman–Crippen MR) is 78.2 cm³/mol. The second kappa shape index (κ2) is 4.96. The molecule has 1 unspecified atom stereocenters. The van der Waals surface area contributed by atoms with Crippen LogP contribution in [0.3, 0.4) is 0 Å². The van der Waals surface area contributed by atoms with Crippen molar-refractivity contribution in [2.24, 2.45) is 7.05 Å². The molecule has 1 atom stereocenters. The van der Waals surface area contributed by atoms with Gasteiger partial charge in [0.25, 0.3) is 5.91 Å². The third kappa shape index (κ3) is 2.28. The number of aromatic nitrogens is 2. The Morgan fingerprint density at radius 3 is 2.90 bits per heavy atom. The van der Waals surface area contributed by atoms with Crippen LogP contribution in [0, 0.1) is 6.92 Å². The second-order valence-electron chi connectivity index (χ2n) is 4.54. The van der Waals surface area contributed by atoms with E-state index < -0.39 is 5.72 Å². The number of aryl methyl sites for hydroxylation is 1. The summed E-state index contributed by atoms with van der Waals surface area (Å²) in [6.45, 7) is 2.42. The zero-order chi connectivity index (χ0) is 14.3. The van der Waals surface area contributed by atoms with E-state index in [9.17, 15) is 4.79 Å². The summed E-state index contributed by atoms with van der Waals surface area (Å²) >= 11 is 4.89. The van der Waals surface area contributed by atoms with E-state index in [4.69, 9.17) is 4.74 Å². The van der Waals surface area contributed by atoms with Gasteiger partial charge in [-0.2, -0.15) is 10.5 Å². The summed E-state index contributed by atoms with van der Waals surface area (Å²) in [5.41, 5.74) is 6.61. The quantitative estimate of drug-likeness (QED) is 0.645. The molecule has 1 saturated heterocycles. The van der Waals surface area contributed by atoms with E-state index in [1.54, 1.807) is 10.7 Å². The fraction of sp³-hybridized carbons (Fsp3) is 0.333. The summed E-state index contributed by atoms with van der Waals surface area (Å²) in [6, 6.07) is 3.60. The smallest absolute Gasteiger partial charge is 0.275 e. The molecule has 1 amide bonds. The monoisotopic (exact) mass is 356 g/mol. The van der Waals surface area contributed by atoms with Crippen molar-refractivity contribution in [3.05, 3.63) is 38.3 Å². The standard InChI is InChI=1S/C12H13BrN4O2S/c1-7-9(13)10(15-17(7)2)12(6-19-12)16-14-11(18)8-4-3-5-20-8/h3-5,16H,6H2,1-2H3,(H,14,18). The molecule has 106 valence electrons. The highest BCUT2D eigenvalue weighted by Crippen LogP contribution is 2.39. The van der Waals surface area contributed by atoms with Gasteiger partial charge in [0.15, 0.2) is 0 Å². The van der Waals surface area contributed by atoms with E-state index >= 15 is 0 Å². The molecule has 0 spiro atoms. The van der Waals surface area contributed by atoms with Gasteiger partial charge < -0.3 is 4.74 Å². The summed E-state index contributed by atoms with van der Waals surface area (Å²) in [7, 11) is 1.86. The van der Waals surface area contributed by atoms with Crippen LogP contribution in [-0.2, 0) is 17.5 Å². The fourth-order valence-electron chi connectivity index (χ4n) is 1.81. The Hall–Kier alpha value is -1.22. The summed E-state index contributed by atoms with van der Waals surface area (Å²) in [5.74, 6) is -0.182. The van der Waals surface area contributed by atoms with E-state index in [-0.39, 0.29) is 5.91 Å². The van der Waals surface area contributed by atoms with Crippen LogP contribution >= 0.6 is 27.3 Å². The van der Waals surface area contributed by atoms with Gasteiger partial charge in [0.05, 0.1) is 16.0 Å². The van der Waals surface area contributed by atoms with Crippen LogP contribution in [0.5, 0.6) is 0 Å². The Bertz CT molecular complexity index is 649. The highest BCUT2D eigenvalue weighted by molar-refractivity contribution is 9.10. The molecule has 3 rings (SSSR count). The molecular formula is C12H13BrN4O2S. The molecule has 8 heteroatoms. The molecule has 3 heterocycles. The lowest BCUT2D eigenvalue weighted by atomic mass is 10.2. The van der Waals surface area contributed by atoms with E-state index in [2.05, 4.69) is 31.9 Å². The molecule has 1 aliphatic heterocycles. The minimum atomic E-state index is -0.738. The molecule has 0 bridgehead atoms. The average molecular weight is 357 g/mol. The van der Waals surface area contributed by atoms with Crippen molar-refractivity contribution in [3.8, 4) is 0 Å². The van der Waals surface area contributed by atoms with Gasteiger partial charge >= 0.3 is 0 Å². The lowest BCUT2D eigenvalue weighted by Crippen LogP contribution is -2.45. The Labute approximate surface area is 128 Å². The van der Waals surface area contributed by atoms with Crippen LogP contribution in [0.4, 0.5) is 0 Å². The van der Waals surface area contributed by atoms with Crippen LogP contribution in [0.25, 0.3) is 0 Å². The van der Waals surface area contributed by atoms with Crippen LogP contribution in [0.2, 0.25) is 0 Å². The molecule has 1 aliphatic rings. The Morgan fingerprint density at radius 2 is 2.40 bits per heavy atom. The summed E-state index contributed by atoms with van der Waals surface area (Å²) in [6.07, 6.45) is 0. The van der Waals surface area contributed by atoms with Crippen molar-refractivity contribution < 1.29 is 9.53 Å². The highest BCUT2D eigenvalue weighted by Gasteiger charge is 2.51. The van der Waals surface area contributed by atoms with Crippen molar-refractivity contribution >= 4 is 33.2 Å². The number of hydrogen-bond acceptors (Lipinski definition) is 5. The molecule has 20 heavy (non-hydrogen) atoms. The van der Waals surface area contributed by atoms with Gasteiger partial charge in [0.1, 0.15) is 5.69 Å². The maximum Gasteiger partial charge on any atom is 0.275 e. The number of carbonyl (C=O) groups is 1. The zero-order valence-electron chi connectivity index (χ0n) is 10.9. The maximum atomic E-state index is 11.9. The summed E-state index contributed by atoms with van der Waals surface area (Å²) in [4.78, 5) is 12.6. The number of amides is 1. The van der Waals surface area contributed by atoms with Gasteiger partial charge in [-0.1, -0.05) is 6.07 Å². The van der Waals surface area contributed by atoms with E-state index in [0.29, 0.717) is 11.5 Å². The number of carbonyl (C=O) groups excluding carboxylic acids is 1. The molecule has 2 aromatic heterocycles. The predicted octanol–water partition coefficient (Wildman–Crippen LogP) is 1.67. The number of halogens is 1. The number of hydrazine groups is 1. The number of rotatable bonds is 4. The lowest BCUT2D eigenvalue weighted by Gasteiger charge is -2.13. The topological polar surface area (TPSA) is 71.5 Å². The molecule has 2 N–H and O–H groups in total. The molecule has 0 aliphatic carbocycles. The molecular weight excluding hydrogens is 344 g/mol. The molecule has 0 saturated carbocycles. The fourth-order valence-corrected chi connectivity index (χ4v) is 3.08. The first-order chi connectivity index (χ1) is 9.53. The largest absolute Gasteiger partial charge is 0.346 e. The van der Waals surface area contributed by atoms with E-state index in [1.807, 2.05) is 25.4 Å². The summed E-state index contributed by atoms with van der Waals surface area (Å²) in [5, 5.41) is 6.28. The lowest BCUT2D eigenvalue weighted by molar-refractivity contribution is 0.0898. The van der Waals surface area contributed by atoms with Gasteiger partial charge in [0.2, 0.25) is 5.72 Å². The highest BCUT2D eigenvalue weighted by atomic mass is 79.9. The summed E-state index contributed by atoms with van der Waals surface area (Å²) < 4.78 is 8.12. The minimum Gasteiger partial charge on any atom is -0.346 e. The van der Waals surface area contributed by atoms with Crippen LogP contribution in [-0.4, -0.2) is 22.3 Å². The van der Waals surface area contributed by atoms with Crippen molar-refractivity contribution in [1.82, 2.24) is 20.6 Å². The normalized spacial score (nSPS) is 20.9. The number of hydrogen-bond donors (Lipinski definition) is 2. The van der Waals surface area contributed by atoms with Crippen molar-refractivity contribution in [2.45, 2.75) is 12.6 Å². The second-order valence-corrected chi connectivity index (χ2v) is 6.28. The minimum absolute atomic E-state index is 0.182. The van der Waals surface area contributed by atoms with Gasteiger partial charge in [-0.25, -0.2) is 0 Å². The van der Waals surface area contributed by atoms with Gasteiger partial charge in [-0.3, -0.25) is 14.9 Å². The Kier molecular flexibility index (Phi) is 3.41. The first-order valence-corrected chi connectivity index (χ1v) is 7.65. The van der Waals surface area contributed by atoms with Crippen LogP contribution in [0.15, 0.2) is 22.0 Å². The van der Waals surface area contributed by atoms with Gasteiger partial charge in [0, 0.05) is 12.7 Å². The molecule has 1 fully saturated rings. The molecule has 2 aromatic rings. The van der Waals surface area contributed by atoms with Crippen molar-refractivity contribution in [3.63, 3.8) is 0 Å². The first-order valence-electron chi connectivity index (χ1n) is 5.98. The number of nitrogens with zero attached hydrogens (tertiary/aromatic N) is 2. The number of ether oxygens (including phenoxy) is 1. The molecule has 0 radical (unpaired) electrons. The third-order valence-corrected chi connectivity index (χ3v) is 5.02. The maximum absolute atomic E-state index is 11.9. The Balaban J connectivity index is 1.74. The number of epoxide rings is 1. The van der Waals surface area contributed by atoms with Gasteiger partial charge in [-0.15, -0.1) is 11.3 Å². The van der Waals surface area contributed by atoms with Crippen LogP contribution in [0.1, 0.15) is 21.1 Å².